The number of amides is 1. The van der Waals surface area contributed by atoms with Crippen LogP contribution in [0.4, 0.5) is 13.2 Å². The van der Waals surface area contributed by atoms with Crippen LogP contribution in [0.1, 0.15) is 36.9 Å². The number of hydrogen-bond acceptors (Lipinski definition) is 2. The summed E-state index contributed by atoms with van der Waals surface area (Å²) in [4.78, 5) is 11.9. The Bertz CT molecular complexity index is 485. The van der Waals surface area contributed by atoms with Crippen LogP contribution in [0, 0.1) is 5.92 Å². The van der Waals surface area contributed by atoms with Crippen LogP contribution in [-0.4, -0.2) is 19.0 Å². The van der Waals surface area contributed by atoms with Crippen molar-refractivity contribution >= 4 is 18.3 Å². The van der Waals surface area contributed by atoms with E-state index in [4.69, 9.17) is 0 Å². The molecule has 0 aromatic heterocycles. The van der Waals surface area contributed by atoms with Crippen LogP contribution in [0.15, 0.2) is 24.3 Å². The van der Waals surface area contributed by atoms with E-state index in [0.29, 0.717) is 17.9 Å². The lowest BCUT2D eigenvalue weighted by Crippen LogP contribution is -2.28. The molecular weight excluding hydrogens is 317 g/mol. The molecule has 1 fully saturated rings. The summed E-state index contributed by atoms with van der Waals surface area (Å²) in [5.74, 6) is 0.293. The highest BCUT2D eigenvalue weighted by molar-refractivity contribution is 5.85. The highest BCUT2D eigenvalue weighted by Gasteiger charge is 2.30. The standard InChI is InChI=1S/C15H19F3N2O.ClH/c1-10(20-14(21)8-11-6-7-19-9-11)12-2-4-13(5-3-12)15(16,17)18;/h2-5,10-11,19H,6-9H2,1H3,(H,20,21);1H. The molecule has 0 aliphatic carbocycles. The normalized spacial score (nSPS) is 19.4. The van der Waals surface area contributed by atoms with Gasteiger partial charge >= 0.3 is 6.18 Å². The third kappa shape index (κ3) is 5.18. The summed E-state index contributed by atoms with van der Waals surface area (Å²) in [7, 11) is 0. The van der Waals surface area contributed by atoms with Gasteiger partial charge in [-0.2, -0.15) is 13.2 Å². The molecule has 0 spiro atoms. The van der Waals surface area contributed by atoms with Gasteiger partial charge in [-0.25, -0.2) is 0 Å². The fourth-order valence-corrected chi connectivity index (χ4v) is 2.50. The summed E-state index contributed by atoms with van der Waals surface area (Å²) in [6.07, 6.45) is -2.89. The third-order valence-electron chi connectivity index (χ3n) is 3.75. The second kappa shape index (κ2) is 7.83. The van der Waals surface area contributed by atoms with Gasteiger partial charge in [0, 0.05) is 6.42 Å². The van der Waals surface area contributed by atoms with Crippen molar-refractivity contribution in [3.63, 3.8) is 0 Å². The first-order valence-electron chi connectivity index (χ1n) is 7.03. The van der Waals surface area contributed by atoms with E-state index in [9.17, 15) is 18.0 Å². The first-order valence-corrected chi connectivity index (χ1v) is 7.03. The smallest absolute Gasteiger partial charge is 0.350 e. The maximum Gasteiger partial charge on any atom is 0.416 e. The maximum atomic E-state index is 12.5. The predicted molar refractivity (Wildman–Crippen MR) is 80.8 cm³/mol. The van der Waals surface area contributed by atoms with Crippen molar-refractivity contribution in [2.45, 2.75) is 32.0 Å². The lowest BCUT2D eigenvalue weighted by Gasteiger charge is -2.16. The molecule has 0 bridgehead atoms. The van der Waals surface area contributed by atoms with Gasteiger partial charge in [0.2, 0.25) is 5.91 Å². The molecule has 3 nitrogen and oxygen atoms in total. The van der Waals surface area contributed by atoms with E-state index < -0.39 is 11.7 Å². The molecule has 1 amide bonds. The Labute approximate surface area is 134 Å². The summed E-state index contributed by atoms with van der Waals surface area (Å²) in [5.41, 5.74) is -0.0114. The molecule has 1 heterocycles. The third-order valence-corrected chi connectivity index (χ3v) is 3.75. The first kappa shape index (κ1) is 18.8. The zero-order chi connectivity index (χ0) is 15.5. The topological polar surface area (TPSA) is 41.1 Å². The molecule has 1 saturated heterocycles. The molecule has 22 heavy (non-hydrogen) atoms. The molecular formula is C15H20ClF3N2O. The molecule has 0 saturated carbocycles. The van der Waals surface area contributed by atoms with Crippen LogP contribution in [0.2, 0.25) is 0 Å². The van der Waals surface area contributed by atoms with Gasteiger partial charge in [-0.3, -0.25) is 4.79 Å². The number of halogens is 4. The molecule has 0 radical (unpaired) electrons. The van der Waals surface area contributed by atoms with Gasteiger partial charge in [0.25, 0.3) is 0 Å². The second-order valence-electron chi connectivity index (χ2n) is 5.47. The molecule has 2 atom stereocenters. The Morgan fingerprint density at radius 2 is 2.00 bits per heavy atom. The van der Waals surface area contributed by atoms with Crippen LogP contribution in [-0.2, 0) is 11.0 Å². The minimum absolute atomic E-state index is 0. The second-order valence-corrected chi connectivity index (χ2v) is 5.47. The number of nitrogens with one attached hydrogen (secondary N) is 2. The number of carbonyl (C=O) groups excluding carboxylic acids is 1. The summed E-state index contributed by atoms with van der Waals surface area (Å²) in [6, 6.07) is 4.60. The van der Waals surface area contributed by atoms with Crippen LogP contribution >= 0.6 is 12.4 Å². The molecule has 1 aliphatic heterocycles. The van der Waals surface area contributed by atoms with Crippen LogP contribution in [0.25, 0.3) is 0 Å². The molecule has 124 valence electrons. The zero-order valence-electron chi connectivity index (χ0n) is 12.2. The van der Waals surface area contributed by atoms with Crippen molar-refractivity contribution in [2.24, 2.45) is 5.92 Å². The monoisotopic (exact) mass is 336 g/mol. The average molecular weight is 337 g/mol. The van der Waals surface area contributed by atoms with E-state index in [1.54, 1.807) is 6.92 Å². The van der Waals surface area contributed by atoms with Crippen molar-refractivity contribution in [3.05, 3.63) is 35.4 Å². The quantitative estimate of drug-likeness (QED) is 0.885. The average Bonchev–Trinajstić information content (AvgIpc) is 2.90. The Balaban J connectivity index is 0.00000242. The fourth-order valence-electron chi connectivity index (χ4n) is 2.50. The van der Waals surface area contributed by atoms with Gasteiger partial charge in [-0.1, -0.05) is 12.1 Å². The summed E-state index contributed by atoms with van der Waals surface area (Å²) in [5, 5.41) is 6.03. The van der Waals surface area contributed by atoms with Gasteiger partial charge in [-0.15, -0.1) is 12.4 Å². The van der Waals surface area contributed by atoms with Gasteiger partial charge < -0.3 is 10.6 Å². The number of hydrogen-bond donors (Lipinski definition) is 2. The predicted octanol–water partition coefficient (Wildman–Crippen LogP) is 3.30. The van der Waals surface area contributed by atoms with E-state index in [0.717, 1.165) is 31.6 Å². The Morgan fingerprint density at radius 3 is 2.50 bits per heavy atom. The lowest BCUT2D eigenvalue weighted by atomic mass is 10.0. The highest BCUT2D eigenvalue weighted by atomic mass is 35.5. The largest absolute Gasteiger partial charge is 0.416 e. The van der Waals surface area contributed by atoms with Gasteiger partial charge in [-0.05, 0) is 50.0 Å². The van der Waals surface area contributed by atoms with E-state index in [1.807, 2.05) is 0 Å². The van der Waals surface area contributed by atoms with Crippen molar-refractivity contribution in [2.75, 3.05) is 13.1 Å². The number of benzene rings is 1. The van der Waals surface area contributed by atoms with E-state index >= 15 is 0 Å². The minimum Gasteiger partial charge on any atom is -0.350 e. The molecule has 1 aromatic rings. The Kier molecular flexibility index (Phi) is 6.68. The van der Waals surface area contributed by atoms with Crippen LogP contribution in [0.5, 0.6) is 0 Å². The zero-order valence-corrected chi connectivity index (χ0v) is 13.1. The van der Waals surface area contributed by atoms with Crippen LogP contribution in [0.3, 0.4) is 0 Å². The van der Waals surface area contributed by atoms with Crippen molar-refractivity contribution in [1.29, 1.82) is 0 Å². The van der Waals surface area contributed by atoms with Crippen molar-refractivity contribution in [1.82, 2.24) is 10.6 Å². The van der Waals surface area contributed by atoms with Gasteiger partial charge in [0.15, 0.2) is 0 Å². The van der Waals surface area contributed by atoms with Gasteiger partial charge in [0.1, 0.15) is 0 Å². The molecule has 1 aromatic carbocycles. The number of alkyl halides is 3. The Hall–Kier alpha value is -1.27. The number of rotatable bonds is 4. The summed E-state index contributed by atoms with van der Waals surface area (Å²) < 4.78 is 37.4. The van der Waals surface area contributed by atoms with E-state index in [1.165, 1.54) is 12.1 Å². The Morgan fingerprint density at radius 1 is 1.36 bits per heavy atom. The summed E-state index contributed by atoms with van der Waals surface area (Å²) >= 11 is 0. The van der Waals surface area contributed by atoms with Crippen molar-refractivity contribution < 1.29 is 18.0 Å². The minimum atomic E-state index is -4.33. The fraction of sp³-hybridized carbons (Fsp3) is 0.533. The molecule has 7 heteroatoms. The van der Waals surface area contributed by atoms with E-state index in [-0.39, 0.29) is 24.4 Å². The number of carbonyl (C=O) groups is 1. The van der Waals surface area contributed by atoms with Crippen LogP contribution < -0.4 is 10.6 Å². The molecule has 2 rings (SSSR count). The maximum absolute atomic E-state index is 12.5. The first-order chi connectivity index (χ1) is 9.86. The summed E-state index contributed by atoms with van der Waals surface area (Å²) in [6.45, 7) is 3.56. The molecule has 2 unspecified atom stereocenters. The SMILES string of the molecule is CC(NC(=O)CC1CCNC1)c1ccc(C(F)(F)F)cc1.Cl. The van der Waals surface area contributed by atoms with E-state index in [2.05, 4.69) is 10.6 Å². The van der Waals surface area contributed by atoms with Crippen molar-refractivity contribution in [3.8, 4) is 0 Å². The lowest BCUT2D eigenvalue weighted by molar-refractivity contribution is -0.137. The molecule has 1 aliphatic rings. The highest BCUT2D eigenvalue weighted by Crippen LogP contribution is 2.29. The van der Waals surface area contributed by atoms with Gasteiger partial charge in [0.05, 0.1) is 11.6 Å². The molecule has 2 N–H and O–H groups in total.